The molecule has 1 aliphatic rings. The van der Waals surface area contributed by atoms with Crippen LogP contribution in [0.25, 0.3) is 11.1 Å². The van der Waals surface area contributed by atoms with Crippen LogP contribution in [0.15, 0.2) is 34.6 Å². The maximum atomic E-state index is 13.7. The fourth-order valence-electron chi connectivity index (χ4n) is 2.96. The van der Waals surface area contributed by atoms with Crippen molar-refractivity contribution in [1.29, 1.82) is 0 Å². The minimum atomic E-state index is -0.474. The first-order valence-electron chi connectivity index (χ1n) is 8.76. The molecule has 3 rings (SSSR count). The molecular formula is C18H22BFN6. The summed E-state index contributed by atoms with van der Waals surface area (Å²) in [5.74, 6) is 0.422. The summed E-state index contributed by atoms with van der Waals surface area (Å²) in [5.41, 5.74) is 3.23. The van der Waals surface area contributed by atoms with Crippen LogP contribution in [-0.4, -0.2) is 60.7 Å². The van der Waals surface area contributed by atoms with E-state index in [0.29, 0.717) is 23.0 Å². The molecule has 1 saturated heterocycles. The van der Waals surface area contributed by atoms with Crippen LogP contribution in [0.3, 0.4) is 0 Å². The van der Waals surface area contributed by atoms with Crippen molar-refractivity contribution in [3.8, 4) is 11.1 Å². The van der Waals surface area contributed by atoms with Crippen LogP contribution in [0.4, 0.5) is 4.39 Å². The van der Waals surface area contributed by atoms with Gasteiger partial charge < -0.3 is 10.2 Å². The Labute approximate surface area is 154 Å². The minimum Gasteiger partial charge on any atom is -0.356 e. The zero-order valence-corrected chi connectivity index (χ0v) is 15.1. The van der Waals surface area contributed by atoms with Crippen molar-refractivity contribution in [2.75, 3.05) is 26.2 Å². The zero-order valence-electron chi connectivity index (χ0n) is 15.1. The summed E-state index contributed by atoms with van der Waals surface area (Å²) < 4.78 is 13.7. The first kappa shape index (κ1) is 18.3. The number of halogens is 1. The molecule has 6 nitrogen and oxygen atoms in total. The third-order valence-corrected chi connectivity index (χ3v) is 4.49. The molecular weight excluding hydrogens is 330 g/mol. The number of aromatic nitrogens is 2. The summed E-state index contributed by atoms with van der Waals surface area (Å²) in [7, 11) is 6.20. The number of nitrogens with zero attached hydrogens (tertiary/aromatic N) is 4. The molecule has 0 aliphatic carbocycles. The molecule has 2 aromatic rings. The van der Waals surface area contributed by atoms with Crippen LogP contribution >= 0.6 is 0 Å². The van der Waals surface area contributed by atoms with Gasteiger partial charge in [0, 0.05) is 26.2 Å². The molecule has 0 saturated carbocycles. The van der Waals surface area contributed by atoms with E-state index in [9.17, 15) is 4.39 Å². The molecule has 0 unspecified atom stereocenters. The predicted octanol–water partition coefficient (Wildman–Crippen LogP) is 1.45. The SMILES string of the molecule is [B]c1cc(-c2cn[nH]c2F)ccc1/C(CC)=N/N=C(\C)N1CCNCC1. The smallest absolute Gasteiger partial charge is 0.216 e. The number of nitrogens with one attached hydrogen (secondary N) is 2. The average molecular weight is 352 g/mol. The molecule has 134 valence electrons. The quantitative estimate of drug-likeness (QED) is 0.379. The van der Waals surface area contributed by atoms with Gasteiger partial charge in [-0.25, -0.2) is 0 Å². The number of amidine groups is 1. The number of rotatable bonds is 4. The third kappa shape index (κ3) is 4.01. The predicted molar refractivity (Wildman–Crippen MR) is 104 cm³/mol. The van der Waals surface area contributed by atoms with E-state index in [2.05, 4.69) is 30.6 Å². The number of aromatic amines is 1. The van der Waals surface area contributed by atoms with Crippen molar-refractivity contribution in [2.45, 2.75) is 20.3 Å². The van der Waals surface area contributed by atoms with Crippen LogP contribution < -0.4 is 10.8 Å². The minimum absolute atomic E-state index is 0.394. The highest BCUT2D eigenvalue weighted by atomic mass is 19.1. The highest BCUT2D eigenvalue weighted by molar-refractivity contribution is 6.37. The largest absolute Gasteiger partial charge is 0.356 e. The molecule has 1 aliphatic heterocycles. The molecule has 1 fully saturated rings. The third-order valence-electron chi connectivity index (χ3n) is 4.49. The Morgan fingerprint density at radius 3 is 2.69 bits per heavy atom. The van der Waals surface area contributed by atoms with Crippen molar-refractivity contribution >= 4 is 24.9 Å². The molecule has 26 heavy (non-hydrogen) atoms. The van der Waals surface area contributed by atoms with Gasteiger partial charge in [0.05, 0.1) is 17.5 Å². The average Bonchev–Trinajstić information content (AvgIpc) is 3.09. The zero-order chi connectivity index (χ0) is 18.5. The molecule has 8 heteroatoms. The van der Waals surface area contributed by atoms with Gasteiger partial charge in [-0.05, 0) is 24.5 Å². The molecule has 2 heterocycles. The molecule has 0 spiro atoms. The van der Waals surface area contributed by atoms with Crippen LogP contribution in [0.5, 0.6) is 0 Å². The van der Waals surface area contributed by atoms with Crippen LogP contribution in [-0.2, 0) is 0 Å². The Bertz CT molecular complexity index is 823. The highest BCUT2D eigenvalue weighted by Gasteiger charge is 2.12. The number of benzene rings is 1. The van der Waals surface area contributed by atoms with Gasteiger partial charge >= 0.3 is 0 Å². The lowest BCUT2D eigenvalue weighted by Gasteiger charge is -2.28. The maximum Gasteiger partial charge on any atom is 0.216 e. The van der Waals surface area contributed by atoms with Crippen molar-refractivity contribution in [3.05, 3.63) is 35.9 Å². The molecule has 0 atom stereocenters. The lowest BCUT2D eigenvalue weighted by atomic mass is 9.85. The normalized spacial score (nSPS) is 16.2. The summed E-state index contributed by atoms with van der Waals surface area (Å²) in [6.45, 7) is 7.75. The second-order valence-corrected chi connectivity index (χ2v) is 6.18. The Balaban J connectivity index is 1.84. The monoisotopic (exact) mass is 352 g/mol. The molecule has 2 N–H and O–H groups in total. The van der Waals surface area contributed by atoms with E-state index in [0.717, 1.165) is 43.3 Å². The van der Waals surface area contributed by atoms with Crippen molar-refractivity contribution in [2.24, 2.45) is 10.2 Å². The first-order chi connectivity index (χ1) is 12.6. The number of hydrogen-bond acceptors (Lipinski definition) is 4. The van der Waals surface area contributed by atoms with Gasteiger partial charge in [0.25, 0.3) is 0 Å². The molecule has 0 bridgehead atoms. The molecule has 1 aromatic carbocycles. The Morgan fingerprint density at radius 2 is 2.08 bits per heavy atom. The van der Waals surface area contributed by atoms with E-state index in [4.69, 9.17) is 7.85 Å². The van der Waals surface area contributed by atoms with Gasteiger partial charge in [-0.1, -0.05) is 30.6 Å². The lowest BCUT2D eigenvalue weighted by Crippen LogP contribution is -2.45. The van der Waals surface area contributed by atoms with Gasteiger partial charge in [-0.15, -0.1) is 5.10 Å². The fourth-order valence-corrected chi connectivity index (χ4v) is 2.96. The van der Waals surface area contributed by atoms with Gasteiger partial charge in [-0.2, -0.15) is 14.6 Å². The maximum absolute atomic E-state index is 13.7. The van der Waals surface area contributed by atoms with Gasteiger partial charge in [0.2, 0.25) is 5.95 Å². The van der Waals surface area contributed by atoms with Crippen LogP contribution in [0.2, 0.25) is 0 Å². The lowest BCUT2D eigenvalue weighted by molar-refractivity contribution is 0.355. The number of H-pyrrole nitrogens is 1. The van der Waals surface area contributed by atoms with E-state index in [1.54, 1.807) is 6.07 Å². The second kappa shape index (κ2) is 8.27. The van der Waals surface area contributed by atoms with Gasteiger partial charge in [0.15, 0.2) is 0 Å². The van der Waals surface area contributed by atoms with Crippen LogP contribution in [0.1, 0.15) is 25.8 Å². The van der Waals surface area contributed by atoms with Crippen LogP contribution in [0, 0.1) is 5.95 Å². The summed E-state index contributed by atoms with van der Waals surface area (Å²) in [6.07, 6.45) is 2.14. The molecule has 2 radical (unpaired) electrons. The summed E-state index contributed by atoms with van der Waals surface area (Å²) >= 11 is 0. The Hall–Kier alpha value is -2.48. The Kier molecular flexibility index (Phi) is 5.83. The number of piperazine rings is 1. The molecule has 1 aromatic heterocycles. The van der Waals surface area contributed by atoms with E-state index in [-0.39, 0.29) is 0 Å². The van der Waals surface area contributed by atoms with Crippen molar-refractivity contribution in [3.63, 3.8) is 0 Å². The van der Waals surface area contributed by atoms with Crippen molar-refractivity contribution < 1.29 is 4.39 Å². The highest BCUT2D eigenvalue weighted by Crippen LogP contribution is 2.20. The van der Waals surface area contributed by atoms with E-state index >= 15 is 0 Å². The topological polar surface area (TPSA) is 68.7 Å². The van der Waals surface area contributed by atoms with Gasteiger partial charge in [0.1, 0.15) is 13.7 Å². The summed E-state index contributed by atoms with van der Waals surface area (Å²) in [5, 5.41) is 18.1. The summed E-state index contributed by atoms with van der Waals surface area (Å²) in [4.78, 5) is 2.21. The van der Waals surface area contributed by atoms with E-state index in [1.165, 1.54) is 6.20 Å². The van der Waals surface area contributed by atoms with E-state index in [1.807, 2.05) is 26.0 Å². The van der Waals surface area contributed by atoms with Crippen molar-refractivity contribution in [1.82, 2.24) is 20.4 Å². The second-order valence-electron chi connectivity index (χ2n) is 6.18. The first-order valence-corrected chi connectivity index (χ1v) is 8.76. The molecule has 0 amide bonds. The fraction of sp³-hybridized carbons (Fsp3) is 0.389. The summed E-state index contributed by atoms with van der Waals surface area (Å²) in [6, 6.07) is 5.41. The van der Waals surface area contributed by atoms with E-state index < -0.39 is 5.95 Å². The van der Waals surface area contributed by atoms with Gasteiger partial charge in [-0.3, -0.25) is 5.10 Å². The Morgan fingerprint density at radius 1 is 1.31 bits per heavy atom. The number of hydrogen-bond donors (Lipinski definition) is 2. The standard InChI is InChI=1S/C18H22BFN6/c1-3-17(24-23-12(2)26-8-6-21-7-9-26)14-5-4-13(10-16(14)19)15-11-22-25-18(15)20/h4-5,10-11,21H,3,6-9H2,1-2H3,(H,22,25)/b23-12+,24-17+.